The predicted molar refractivity (Wildman–Crippen MR) is 111 cm³/mol. The van der Waals surface area contributed by atoms with Crippen LogP contribution in [0.5, 0.6) is 0 Å². The first-order valence-corrected chi connectivity index (χ1v) is 13.4. The number of aromatic nitrogens is 3. The van der Waals surface area contributed by atoms with E-state index in [0.717, 1.165) is 35.1 Å². The fourth-order valence-corrected chi connectivity index (χ4v) is 3.76. The molecule has 0 aliphatic carbocycles. The van der Waals surface area contributed by atoms with Crippen molar-refractivity contribution in [2.75, 3.05) is 6.61 Å². The smallest absolute Gasteiger partial charge is 0.399 e. The maximum atomic E-state index is 6.14. The van der Waals surface area contributed by atoms with Crippen LogP contribution in [0.1, 0.15) is 33.5 Å². The van der Waals surface area contributed by atoms with E-state index in [0.29, 0.717) is 6.73 Å². The van der Waals surface area contributed by atoms with Crippen molar-refractivity contribution in [3.8, 4) is 0 Å². The average molecular weight is 390 g/mol. The van der Waals surface area contributed by atoms with Crippen LogP contribution in [0.4, 0.5) is 0 Å². The summed E-state index contributed by atoms with van der Waals surface area (Å²) in [6.45, 7) is 18.7. The number of fused-ring (bicyclic) bond motifs is 1. The van der Waals surface area contributed by atoms with Crippen molar-refractivity contribution < 1.29 is 18.6 Å². The van der Waals surface area contributed by atoms with Crippen molar-refractivity contribution in [1.29, 1.82) is 0 Å². The van der Waals surface area contributed by atoms with Crippen LogP contribution < -0.4 is 10.0 Å². The average Bonchev–Trinajstić information content (AvgIpc) is 2.94. The van der Waals surface area contributed by atoms with Crippen LogP contribution in [0, 0.1) is 6.92 Å². The summed E-state index contributed by atoms with van der Waals surface area (Å²) < 4.78 is 20.3. The summed E-state index contributed by atoms with van der Waals surface area (Å²) in [7, 11) is -1.48. The van der Waals surface area contributed by atoms with Gasteiger partial charge in [0.2, 0.25) is 5.82 Å². The van der Waals surface area contributed by atoms with Crippen LogP contribution in [0.3, 0.4) is 0 Å². The maximum absolute atomic E-state index is 6.14. The second-order valence-electron chi connectivity index (χ2n) is 9.71. The highest BCUT2D eigenvalue weighted by Gasteiger charge is 2.52. The van der Waals surface area contributed by atoms with E-state index in [1.807, 2.05) is 13.1 Å². The highest BCUT2D eigenvalue weighted by Crippen LogP contribution is 2.36. The van der Waals surface area contributed by atoms with Crippen LogP contribution >= 0.6 is 0 Å². The fraction of sp³-hybridized carbons (Fsp3) is 0.684. The van der Waals surface area contributed by atoms with Crippen LogP contribution in [0.25, 0.3) is 11.2 Å². The third-order valence-corrected chi connectivity index (χ3v) is 7.31. The van der Waals surface area contributed by atoms with E-state index >= 15 is 0 Å². The zero-order valence-electron chi connectivity index (χ0n) is 18.0. The third kappa shape index (κ3) is 4.29. The standard InChI is InChI=1S/C19H32BN3O3Si/c1-14-22-16-11-15(20-25-18(2,3)19(4,5)26-20)12-21-17(16)23(14)13-24-9-10-27(6,7)8/h11-12H,9-10,13H2,1-8H3/p+1. The molecule has 0 spiro atoms. The lowest BCUT2D eigenvalue weighted by molar-refractivity contribution is -0.716. The Morgan fingerprint density at radius 1 is 1.19 bits per heavy atom. The molecule has 0 radical (unpaired) electrons. The lowest BCUT2D eigenvalue weighted by Gasteiger charge is -2.32. The molecule has 1 saturated heterocycles. The van der Waals surface area contributed by atoms with Crippen LogP contribution in [-0.2, 0) is 20.8 Å². The minimum Gasteiger partial charge on any atom is -0.399 e. The van der Waals surface area contributed by atoms with Gasteiger partial charge >= 0.3 is 12.8 Å². The molecular formula is C19H33BN3O3Si+. The summed E-state index contributed by atoms with van der Waals surface area (Å²) >= 11 is 0. The quantitative estimate of drug-likeness (QED) is 0.468. The molecule has 8 heteroatoms. The van der Waals surface area contributed by atoms with Gasteiger partial charge in [-0.1, -0.05) is 19.6 Å². The Kier molecular flexibility index (Phi) is 5.31. The number of imidazole rings is 1. The van der Waals surface area contributed by atoms with Gasteiger partial charge in [-0.25, -0.2) is 4.57 Å². The molecule has 2 aromatic heterocycles. The first-order chi connectivity index (χ1) is 12.4. The van der Waals surface area contributed by atoms with Gasteiger partial charge in [0.15, 0.2) is 12.2 Å². The van der Waals surface area contributed by atoms with Crippen molar-refractivity contribution in [1.82, 2.24) is 9.97 Å². The van der Waals surface area contributed by atoms with Gasteiger partial charge in [-0.05, 0) is 39.8 Å². The van der Waals surface area contributed by atoms with E-state index in [9.17, 15) is 0 Å². The normalized spacial score (nSPS) is 19.2. The molecule has 0 aromatic carbocycles. The molecule has 1 N–H and O–H groups in total. The number of aromatic amines is 1. The Balaban J connectivity index is 1.76. The van der Waals surface area contributed by atoms with Gasteiger partial charge in [0.05, 0.1) is 11.2 Å². The largest absolute Gasteiger partial charge is 0.498 e. The number of hydrogen-bond acceptors (Lipinski definition) is 4. The maximum Gasteiger partial charge on any atom is 0.498 e. The number of aryl methyl sites for hydroxylation is 1. The minimum absolute atomic E-state index is 0.359. The first-order valence-electron chi connectivity index (χ1n) is 9.71. The van der Waals surface area contributed by atoms with Crippen molar-refractivity contribution in [3.63, 3.8) is 0 Å². The van der Waals surface area contributed by atoms with Gasteiger partial charge in [-0.3, -0.25) is 4.98 Å². The predicted octanol–water partition coefficient (Wildman–Crippen LogP) is 2.77. The van der Waals surface area contributed by atoms with Gasteiger partial charge in [0, 0.05) is 27.1 Å². The zero-order chi connectivity index (χ0) is 20.0. The monoisotopic (exact) mass is 390 g/mol. The number of rotatable bonds is 6. The van der Waals surface area contributed by atoms with Crippen LogP contribution in [0.15, 0.2) is 12.3 Å². The number of hydrogen-bond donors (Lipinski definition) is 1. The second kappa shape index (κ2) is 6.99. The summed E-state index contributed by atoms with van der Waals surface area (Å²) in [4.78, 5) is 8.08. The fourth-order valence-electron chi connectivity index (χ4n) is 3.00. The van der Waals surface area contributed by atoms with Gasteiger partial charge in [0.1, 0.15) is 6.20 Å². The Morgan fingerprint density at radius 3 is 2.41 bits per heavy atom. The van der Waals surface area contributed by atoms with Crippen molar-refractivity contribution >= 4 is 31.8 Å². The van der Waals surface area contributed by atoms with E-state index in [1.54, 1.807) is 0 Å². The van der Waals surface area contributed by atoms with Crippen molar-refractivity contribution in [3.05, 3.63) is 18.1 Å². The second-order valence-corrected chi connectivity index (χ2v) is 15.3. The number of ether oxygens (including phenoxy) is 1. The molecule has 27 heavy (non-hydrogen) atoms. The Hall–Kier alpha value is -1.22. The first kappa shape index (κ1) is 20.5. The topological polar surface area (TPSA) is 60.2 Å². The molecule has 3 rings (SSSR count). The van der Waals surface area contributed by atoms with E-state index in [4.69, 9.17) is 14.0 Å². The molecule has 1 fully saturated rings. The molecule has 1 aliphatic rings. The summed E-state index contributed by atoms with van der Waals surface area (Å²) in [5.41, 5.74) is 2.06. The van der Waals surface area contributed by atoms with E-state index in [1.165, 1.54) is 0 Å². The molecule has 148 valence electrons. The van der Waals surface area contributed by atoms with Crippen molar-refractivity contribution in [2.24, 2.45) is 0 Å². The molecule has 0 bridgehead atoms. The van der Waals surface area contributed by atoms with Gasteiger partial charge in [-0.15, -0.1) is 4.98 Å². The molecule has 0 atom stereocenters. The van der Waals surface area contributed by atoms with Crippen LogP contribution in [0.2, 0.25) is 25.7 Å². The van der Waals surface area contributed by atoms with E-state index in [-0.39, 0.29) is 11.2 Å². The lowest BCUT2D eigenvalue weighted by Crippen LogP contribution is -2.41. The highest BCUT2D eigenvalue weighted by atomic mass is 28.3. The molecule has 2 aromatic rings. The number of H-pyrrole nitrogens is 1. The third-order valence-electron chi connectivity index (χ3n) is 5.61. The summed E-state index contributed by atoms with van der Waals surface area (Å²) in [6.07, 6.45) is 1.84. The minimum atomic E-state index is -1.08. The number of nitrogens with zero attached hydrogens (tertiary/aromatic N) is 2. The molecule has 3 heterocycles. The Morgan fingerprint density at radius 2 is 1.81 bits per heavy atom. The molecule has 0 amide bonds. The number of pyridine rings is 1. The van der Waals surface area contributed by atoms with Gasteiger partial charge in [-0.2, -0.15) is 0 Å². The molecule has 0 unspecified atom stereocenters. The molecule has 0 saturated carbocycles. The molecule has 6 nitrogen and oxygen atoms in total. The summed E-state index contributed by atoms with van der Waals surface area (Å²) in [5.74, 6) is 1.02. The van der Waals surface area contributed by atoms with E-state index in [2.05, 4.69) is 67.9 Å². The highest BCUT2D eigenvalue weighted by molar-refractivity contribution is 6.76. The summed E-state index contributed by atoms with van der Waals surface area (Å²) in [6, 6.07) is 3.23. The molecular weight excluding hydrogens is 357 g/mol. The van der Waals surface area contributed by atoms with Crippen LogP contribution in [-0.4, -0.2) is 43.0 Å². The lowest BCUT2D eigenvalue weighted by atomic mass is 9.80. The van der Waals surface area contributed by atoms with Gasteiger partial charge in [0.25, 0.3) is 0 Å². The van der Waals surface area contributed by atoms with Gasteiger partial charge < -0.3 is 14.0 Å². The summed E-state index contributed by atoms with van der Waals surface area (Å²) in [5, 5.41) is 0. The SMILES string of the molecule is Cc1[nH]c2cc(B3OC(C)(C)C(C)(C)O3)cnc2[n+]1COCC[Si](C)(C)C. The Labute approximate surface area is 163 Å². The number of nitrogens with one attached hydrogen (secondary N) is 1. The molecule has 1 aliphatic heterocycles. The Bertz CT molecular complexity index is 813. The van der Waals surface area contributed by atoms with Crippen molar-refractivity contribution in [2.45, 2.75) is 78.2 Å². The zero-order valence-corrected chi connectivity index (χ0v) is 19.0. The van der Waals surface area contributed by atoms with E-state index < -0.39 is 15.2 Å².